The summed E-state index contributed by atoms with van der Waals surface area (Å²) in [6.45, 7) is 3.97. The molecule has 1 aliphatic rings. The summed E-state index contributed by atoms with van der Waals surface area (Å²) in [6.07, 6.45) is 1.49. The number of esters is 1. The molecule has 0 aromatic heterocycles. The third-order valence-corrected chi connectivity index (χ3v) is 2.78. The van der Waals surface area contributed by atoms with Gasteiger partial charge in [0.1, 0.15) is 17.6 Å². The van der Waals surface area contributed by atoms with Crippen LogP contribution in [0.3, 0.4) is 0 Å². The molecule has 0 spiro atoms. The molecule has 18 heavy (non-hydrogen) atoms. The number of ether oxygens (including phenoxy) is 3. The third kappa shape index (κ3) is 2.32. The van der Waals surface area contributed by atoms with E-state index >= 15 is 0 Å². The van der Waals surface area contributed by atoms with Crippen molar-refractivity contribution in [3.63, 3.8) is 0 Å². The fourth-order valence-electron chi connectivity index (χ4n) is 1.85. The van der Waals surface area contributed by atoms with Crippen molar-refractivity contribution in [1.82, 2.24) is 0 Å². The van der Waals surface area contributed by atoms with Crippen molar-refractivity contribution in [1.29, 1.82) is 0 Å². The molecule has 4 nitrogen and oxygen atoms in total. The number of benzene rings is 1. The summed E-state index contributed by atoms with van der Waals surface area (Å²) in [6, 6.07) is 5.50. The van der Waals surface area contributed by atoms with Gasteiger partial charge in [0.25, 0.3) is 0 Å². The maximum atomic E-state index is 11.8. The molecule has 1 aliphatic heterocycles. The van der Waals surface area contributed by atoms with Gasteiger partial charge in [0.05, 0.1) is 19.3 Å². The number of carbonyl (C=O) groups excluding carboxylic acids is 1. The van der Waals surface area contributed by atoms with E-state index in [2.05, 4.69) is 0 Å². The van der Waals surface area contributed by atoms with Crippen molar-refractivity contribution in [2.24, 2.45) is 0 Å². The van der Waals surface area contributed by atoms with Crippen molar-refractivity contribution < 1.29 is 19.0 Å². The molecular formula is C14H16O4. The standard InChI is InChI=1S/C14H16O4/c1-4-17-14(15)12-8-10-7-11(16-3)5-6-13(10)18-9(12)2/h5-9H,4H2,1-3H3. The van der Waals surface area contributed by atoms with E-state index < -0.39 is 0 Å². The van der Waals surface area contributed by atoms with E-state index in [0.29, 0.717) is 12.2 Å². The number of hydrogen-bond donors (Lipinski definition) is 0. The molecule has 0 aliphatic carbocycles. The molecule has 1 atom stereocenters. The van der Waals surface area contributed by atoms with Gasteiger partial charge < -0.3 is 14.2 Å². The SMILES string of the molecule is CCOC(=O)C1=Cc2cc(OC)ccc2OC1C. The fraction of sp³-hybridized carbons (Fsp3) is 0.357. The molecule has 0 radical (unpaired) electrons. The number of fused-ring (bicyclic) bond motifs is 1. The lowest BCUT2D eigenvalue weighted by atomic mass is 10.0. The van der Waals surface area contributed by atoms with E-state index in [1.165, 1.54) is 0 Å². The average molecular weight is 248 g/mol. The maximum absolute atomic E-state index is 11.8. The predicted molar refractivity (Wildman–Crippen MR) is 67.7 cm³/mol. The molecule has 0 saturated heterocycles. The summed E-state index contributed by atoms with van der Waals surface area (Å²) in [4.78, 5) is 11.8. The highest BCUT2D eigenvalue weighted by Gasteiger charge is 2.25. The lowest BCUT2D eigenvalue weighted by Crippen LogP contribution is -2.25. The zero-order valence-electron chi connectivity index (χ0n) is 10.7. The predicted octanol–water partition coefficient (Wildman–Crippen LogP) is 2.42. The Morgan fingerprint density at radius 1 is 1.44 bits per heavy atom. The molecule has 0 amide bonds. The van der Waals surface area contributed by atoms with Gasteiger partial charge in [-0.25, -0.2) is 4.79 Å². The van der Waals surface area contributed by atoms with Gasteiger partial charge in [-0.1, -0.05) is 0 Å². The van der Waals surface area contributed by atoms with Crippen LogP contribution in [0.1, 0.15) is 19.4 Å². The lowest BCUT2D eigenvalue weighted by molar-refractivity contribution is -0.139. The van der Waals surface area contributed by atoms with Crippen LogP contribution >= 0.6 is 0 Å². The number of carbonyl (C=O) groups is 1. The molecule has 0 fully saturated rings. The second kappa shape index (κ2) is 5.12. The second-order valence-electron chi connectivity index (χ2n) is 3.98. The third-order valence-electron chi connectivity index (χ3n) is 2.78. The monoisotopic (exact) mass is 248 g/mol. The Morgan fingerprint density at radius 2 is 2.22 bits per heavy atom. The normalized spacial score (nSPS) is 17.3. The van der Waals surface area contributed by atoms with Gasteiger partial charge in [-0.05, 0) is 38.1 Å². The quantitative estimate of drug-likeness (QED) is 0.771. The van der Waals surface area contributed by atoms with E-state index in [4.69, 9.17) is 14.2 Å². The van der Waals surface area contributed by atoms with E-state index in [9.17, 15) is 4.79 Å². The summed E-state index contributed by atoms with van der Waals surface area (Å²) in [7, 11) is 1.60. The zero-order valence-corrected chi connectivity index (χ0v) is 10.7. The average Bonchev–Trinajstić information content (AvgIpc) is 2.37. The van der Waals surface area contributed by atoms with Crippen molar-refractivity contribution in [3.05, 3.63) is 29.3 Å². The summed E-state index contributed by atoms with van der Waals surface area (Å²) in [5.74, 6) is 1.14. The van der Waals surface area contributed by atoms with Crippen LogP contribution in [-0.2, 0) is 9.53 Å². The molecule has 1 unspecified atom stereocenters. The van der Waals surface area contributed by atoms with E-state index in [1.807, 2.05) is 25.1 Å². The molecule has 0 bridgehead atoms. The highest BCUT2D eigenvalue weighted by Crippen LogP contribution is 2.32. The minimum Gasteiger partial charge on any atom is -0.497 e. The zero-order chi connectivity index (χ0) is 13.1. The maximum Gasteiger partial charge on any atom is 0.337 e. The highest BCUT2D eigenvalue weighted by molar-refractivity contribution is 5.96. The first-order chi connectivity index (χ1) is 8.65. The van der Waals surface area contributed by atoms with Crippen molar-refractivity contribution >= 4 is 12.0 Å². The molecule has 1 aromatic carbocycles. The summed E-state index contributed by atoms with van der Waals surface area (Å²) < 4.78 is 15.8. The number of methoxy groups -OCH3 is 1. The Kier molecular flexibility index (Phi) is 3.55. The fourth-order valence-corrected chi connectivity index (χ4v) is 1.85. The Bertz CT molecular complexity index is 491. The van der Waals surface area contributed by atoms with Crippen molar-refractivity contribution in [2.75, 3.05) is 13.7 Å². The van der Waals surface area contributed by atoms with Crippen LogP contribution in [0.15, 0.2) is 23.8 Å². The number of hydrogen-bond acceptors (Lipinski definition) is 4. The van der Waals surface area contributed by atoms with Crippen LogP contribution in [-0.4, -0.2) is 25.8 Å². The van der Waals surface area contributed by atoms with Crippen LogP contribution in [0.25, 0.3) is 6.08 Å². The topological polar surface area (TPSA) is 44.8 Å². The molecule has 0 saturated carbocycles. The van der Waals surface area contributed by atoms with Gasteiger partial charge in [0, 0.05) is 5.56 Å². The molecule has 96 valence electrons. The first-order valence-corrected chi connectivity index (χ1v) is 5.89. The second-order valence-corrected chi connectivity index (χ2v) is 3.98. The van der Waals surface area contributed by atoms with Crippen LogP contribution in [0.2, 0.25) is 0 Å². The minimum atomic E-state index is -0.335. The molecule has 2 rings (SSSR count). The molecule has 1 heterocycles. The summed E-state index contributed by atoms with van der Waals surface area (Å²) in [5, 5.41) is 0. The van der Waals surface area contributed by atoms with Crippen LogP contribution < -0.4 is 9.47 Å². The Balaban J connectivity index is 2.37. The van der Waals surface area contributed by atoms with Gasteiger partial charge in [0.15, 0.2) is 0 Å². The van der Waals surface area contributed by atoms with Gasteiger partial charge in [-0.2, -0.15) is 0 Å². The molecular weight excluding hydrogens is 232 g/mol. The van der Waals surface area contributed by atoms with E-state index in [-0.39, 0.29) is 12.1 Å². The summed E-state index contributed by atoms with van der Waals surface area (Å²) >= 11 is 0. The van der Waals surface area contributed by atoms with E-state index in [1.54, 1.807) is 20.1 Å². The molecule has 0 N–H and O–H groups in total. The van der Waals surface area contributed by atoms with Crippen LogP contribution in [0, 0.1) is 0 Å². The lowest BCUT2D eigenvalue weighted by Gasteiger charge is -2.23. The van der Waals surface area contributed by atoms with Gasteiger partial charge in [-0.15, -0.1) is 0 Å². The first kappa shape index (κ1) is 12.5. The van der Waals surface area contributed by atoms with Crippen LogP contribution in [0.4, 0.5) is 0 Å². The molecule has 1 aromatic rings. The Hall–Kier alpha value is -1.97. The van der Waals surface area contributed by atoms with E-state index in [0.717, 1.165) is 17.1 Å². The van der Waals surface area contributed by atoms with Crippen LogP contribution in [0.5, 0.6) is 11.5 Å². The van der Waals surface area contributed by atoms with Gasteiger partial charge in [-0.3, -0.25) is 0 Å². The van der Waals surface area contributed by atoms with Crippen molar-refractivity contribution in [3.8, 4) is 11.5 Å². The van der Waals surface area contributed by atoms with Gasteiger partial charge >= 0.3 is 5.97 Å². The Morgan fingerprint density at radius 3 is 2.89 bits per heavy atom. The highest BCUT2D eigenvalue weighted by atomic mass is 16.5. The number of rotatable bonds is 3. The first-order valence-electron chi connectivity index (χ1n) is 5.89. The Labute approximate surface area is 106 Å². The van der Waals surface area contributed by atoms with Gasteiger partial charge in [0.2, 0.25) is 0 Å². The molecule has 4 heteroatoms. The largest absolute Gasteiger partial charge is 0.497 e. The van der Waals surface area contributed by atoms with Crippen molar-refractivity contribution in [2.45, 2.75) is 20.0 Å². The summed E-state index contributed by atoms with van der Waals surface area (Å²) in [5.41, 5.74) is 1.35. The smallest absolute Gasteiger partial charge is 0.337 e. The minimum absolute atomic E-state index is 0.301.